The first kappa shape index (κ1) is 15.3. The summed E-state index contributed by atoms with van der Waals surface area (Å²) in [5, 5.41) is 5.11. The number of nitrogens with one attached hydrogen (secondary N) is 1. The molecule has 1 unspecified atom stereocenters. The molecule has 0 bridgehead atoms. The first-order chi connectivity index (χ1) is 10.2. The number of nitrogens with two attached hydrogens (primary N) is 1. The maximum absolute atomic E-state index is 11.9. The molecule has 0 fully saturated rings. The average Bonchev–Trinajstić information content (AvgIpc) is 2.50. The molecule has 0 aliphatic carbocycles. The van der Waals surface area contributed by atoms with E-state index in [2.05, 4.69) is 5.32 Å². The van der Waals surface area contributed by atoms with Gasteiger partial charge in [0.25, 0.3) is 0 Å². The van der Waals surface area contributed by atoms with Gasteiger partial charge in [-0.2, -0.15) is 0 Å². The molecule has 0 spiro atoms. The second-order valence-electron chi connectivity index (χ2n) is 4.68. The van der Waals surface area contributed by atoms with Gasteiger partial charge < -0.3 is 15.2 Å². The number of hydrogen-bond donors (Lipinski definition) is 2. The normalized spacial score (nSPS) is 12.3. The van der Waals surface area contributed by atoms with Crippen molar-refractivity contribution in [2.75, 3.05) is 27.4 Å². The number of fused-ring (bicyclic) bond motifs is 1. The van der Waals surface area contributed by atoms with Gasteiger partial charge >= 0.3 is 0 Å². The third-order valence-corrected chi connectivity index (χ3v) is 3.38. The monoisotopic (exact) mass is 288 g/mol. The van der Waals surface area contributed by atoms with Gasteiger partial charge in [0.05, 0.1) is 13.7 Å². The SMILES string of the molecule is COCCNC(C(N)=O)c1c(OC)ccc2ccccc12. The summed E-state index contributed by atoms with van der Waals surface area (Å²) in [6.07, 6.45) is 0. The van der Waals surface area contributed by atoms with E-state index in [0.29, 0.717) is 18.9 Å². The topological polar surface area (TPSA) is 73.6 Å². The largest absolute Gasteiger partial charge is 0.496 e. The minimum Gasteiger partial charge on any atom is -0.496 e. The van der Waals surface area contributed by atoms with E-state index in [9.17, 15) is 4.79 Å². The molecule has 0 radical (unpaired) electrons. The molecule has 1 atom stereocenters. The van der Waals surface area contributed by atoms with Crippen LogP contribution in [0.3, 0.4) is 0 Å². The molecule has 112 valence electrons. The van der Waals surface area contributed by atoms with E-state index >= 15 is 0 Å². The zero-order chi connectivity index (χ0) is 15.2. The Hall–Kier alpha value is -2.11. The molecule has 0 saturated heterocycles. The second-order valence-corrected chi connectivity index (χ2v) is 4.68. The minimum absolute atomic E-state index is 0.444. The molecule has 0 heterocycles. The Morgan fingerprint density at radius 3 is 2.67 bits per heavy atom. The van der Waals surface area contributed by atoms with Gasteiger partial charge in [-0.3, -0.25) is 10.1 Å². The number of primary amides is 1. The summed E-state index contributed by atoms with van der Waals surface area (Å²) >= 11 is 0. The molecule has 0 aliphatic rings. The summed E-state index contributed by atoms with van der Waals surface area (Å²) in [6.45, 7) is 1.02. The zero-order valence-electron chi connectivity index (χ0n) is 12.3. The van der Waals surface area contributed by atoms with Gasteiger partial charge in [-0.15, -0.1) is 0 Å². The maximum atomic E-state index is 11.9. The number of methoxy groups -OCH3 is 2. The molecule has 2 aromatic rings. The predicted octanol–water partition coefficient (Wildman–Crippen LogP) is 1.61. The van der Waals surface area contributed by atoms with E-state index in [4.69, 9.17) is 15.2 Å². The third-order valence-electron chi connectivity index (χ3n) is 3.38. The molecular formula is C16H20N2O3. The lowest BCUT2D eigenvalue weighted by Crippen LogP contribution is -2.35. The van der Waals surface area contributed by atoms with Crippen molar-refractivity contribution in [2.24, 2.45) is 5.73 Å². The molecule has 1 amide bonds. The van der Waals surface area contributed by atoms with Crippen molar-refractivity contribution in [3.05, 3.63) is 42.0 Å². The molecule has 2 rings (SSSR count). The Labute approximate surface area is 124 Å². The lowest BCUT2D eigenvalue weighted by molar-refractivity contribution is -0.120. The Morgan fingerprint density at radius 2 is 2.00 bits per heavy atom. The van der Waals surface area contributed by atoms with Crippen molar-refractivity contribution in [1.29, 1.82) is 0 Å². The first-order valence-corrected chi connectivity index (χ1v) is 6.76. The molecule has 2 aromatic carbocycles. The average molecular weight is 288 g/mol. The van der Waals surface area contributed by atoms with Gasteiger partial charge in [0.1, 0.15) is 11.8 Å². The number of rotatable bonds is 7. The predicted molar refractivity (Wildman–Crippen MR) is 82.3 cm³/mol. The van der Waals surface area contributed by atoms with Gasteiger partial charge in [-0.1, -0.05) is 30.3 Å². The van der Waals surface area contributed by atoms with E-state index in [1.165, 1.54) is 0 Å². The van der Waals surface area contributed by atoms with Crippen LogP contribution in [0, 0.1) is 0 Å². The molecule has 5 nitrogen and oxygen atoms in total. The number of hydrogen-bond acceptors (Lipinski definition) is 4. The van der Waals surface area contributed by atoms with E-state index < -0.39 is 11.9 Å². The number of ether oxygens (including phenoxy) is 2. The van der Waals surface area contributed by atoms with Crippen LogP contribution < -0.4 is 15.8 Å². The lowest BCUT2D eigenvalue weighted by atomic mass is 9.97. The van der Waals surface area contributed by atoms with Gasteiger partial charge in [0.15, 0.2) is 0 Å². The van der Waals surface area contributed by atoms with Crippen LogP contribution in [0.1, 0.15) is 11.6 Å². The van der Waals surface area contributed by atoms with Crippen molar-refractivity contribution in [3.63, 3.8) is 0 Å². The minimum atomic E-state index is -0.624. The van der Waals surface area contributed by atoms with Crippen LogP contribution in [0.5, 0.6) is 5.75 Å². The molecule has 0 saturated carbocycles. The number of carbonyl (C=O) groups excluding carboxylic acids is 1. The van der Waals surface area contributed by atoms with Crippen LogP contribution in [0.25, 0.3) is 10.8 Å². The van der Waals surface area contributed by atoms with Gasteiger partial charge in [-0.25, -0.2) is 0 Å². The molecule has 0 aromatic heterocycles. The summed E-state index contributed by atoms with van der Waals surface area (Å²) in [5.41, 5.74) is 6.33. The number of benzene rings is 2. The molecular weight excluding hydrogens is 268 g/mol. The van der Waals surface area contributed by atoms with Gasteiger partial charge in [-0.05, 0) is 16.8 Å². The maximum Gasteiger partial charge on any atom is 0.239 e. The summed E-state index contributed by atoms with van der Waals surface area (Å²) < 4.78 is 10.4. The highest BCUT2D eigenvalue weighted by molar-refractivity contribution is 5.94. The van der Waals surface area contributed by atoms with Crippen molar-refractivity contribution < 1.29 is 14.3 Å². The highest BCUT2D eigenvalue weighted by atomic mass is 16.5. The quantitative estimate of drug-likeness (QED) is 0.759. The van der Waals surface area contributed by atoms with Crippen molar-refractivity contribution in [1.82, 2.24) is 5.32 Å². The highest BCUT2D eigenvalue weighted by Gasteiger charge is 2.23. The van der Waals surface area contributed by atoms with Crippen molar-refractivity contribution in [3.8, 4) is 5.75 Å². The molecule has 5 heteroatoms. The smallest absolute Gasteiger partial charge is 0.239 e. The van der Waals surface area contributed by atoms with Crippen LogP contribution in [0.4, 0.5) is 0 Å². The van der Waals surface area contributed by atoms with Crippen molar-refractivity contribution in [2.45, 2.75) is 6.04 Å². The van der Waals surface area contributed by atoms with Crippen LogP contribution >= 0.6 is 0 Å². The molecule has 0 aliphatic heterocycles. The summed E-state index contributed by atoms with van der Waals surface area (Å²) in [6, 6.07) is 11.0. The summed E-state index contributed by atoms with van der Waals surface area (Å²) in [7, 11) is 3.19. The van der Waals surface area contributed by atoms with Crippen molar-refractivity contribution >= 4 is 16.7 Å². The standard InChI is InChI=1S/C16H20N2O3/c1-20-10-9-18-15(16(17)19)14-12-6-4-3-5-11(12)7-8-13(14)21-2/h3-8,15,18H,9-10H2,1-2H3,(H2,17,19). The Bertz CT molecular complexity index is 628. The fraction of sp³-hybridized carbons (Fsp3) is 0.312. The first-order valence-electron chi connectivity index (χ1n) is 6.76. The lowest BCUT2D eigenvalue weighted by Gasteiger charge is -2.20. The number of amides is 1. The zero-order valence-corrected chi connectivity index (χ0v) is 12.3. The third kappa shape index (κ3) is 3.32. The highest BCUT2D eigenvalue weighted by Crippen LogP contribution is 2.33. The van der Waals surface area contributed by atoms with E-state index in [0.717, 1.165) is 16.3 Å². The Morgan fingerprint density at radius 1 is 1.24 bits per heavy atom. The van der Waals surface area contributed by atoms with Gasteiger partial charge in [0, 0.05) is 19.2 Å². The molecule has 3 N–H and O–H groups in total. The van der Waals surface area contributed by atoms with Gasteiger partial charge in [0.2, 0.25) is 5.91 Å². The Balaban J connectivity index is 2.51. The van der Waals surface area contributed by atoms with Crippen LogP contribution in [0.2, 0.25) is 0 Å². The van der Waals surface area contributed by atoms with Crippen LogP contribution in [-0.4, -0.2) is 33.3 Å². The summed E-state index contributed by atoms with van der Waals surface area (Å²) in [5.74, 6) is 0.197. The number of carbonyl (C=O) groups is 1. The second kappa shape index (κ2) is 7.06. The van der Waals surface area contributed by atoms with Crippen LogP contribution in [0.15, 0.2) is 36.4 Å². The van der Waals surface area contributed by atoms with E-state index in [1.807, 2.05) is 36.4 Å². The Kier molecular flexibility index (Phi) is 5.14. The molecule has 21 heavy (non-hydrogen) atoms. The fourth-order valence-corrected chi connectivity index (χ4v) is 2.40. The van der Waals surface area contributed by atoms with E-state index in [-0.39, 0.29) is 0 Å². The van der Waals surface area contributed by atoms with Crippen LogP contribution in [-0.2, 0) is 9.53 Å². The summed E-state index contributed by atoms with van der Waals surface area (Å²) in [4.78, 5) is 11.9. The fourth-order valence-electron chi connectivity index (χ4n) is 2.40. The van der Waals surface area contributed by atoms with E-state index in [1.54, 1.807) is 14.2 Å².